The summed E-state index contributed by atoms with van der Waals surface area (Å²) in [6.45, 7) is 13.8. The number of rotatable bonds is 6. The van der Waals surface area contributed by atoms with Crippen molar-refractivity contribution in [3.05, 3.63) is 88.0 Å². The van der Waals surface area contributed by atoms with Crippen molar-refractivity contribution < 1.29 is 0 Å². The van der Waals surface area contributed by atoms with Crippen molar-refractivity contribution in [1.29, 1.82) is 0 Å². The fourth-order valence-corrected chi connectivity index (χ4v) is 7.20. The molecule has 0 aliphatic heterocycles. The van der Waals surface area contributed by atoms with Crippen molar-refractivity contribution in [2.45, 2.75) is 60.8 Å². The summed E-state index contributed by atoms with van der Waals surface area (Å²) in [5.41, 5.74) is 8.83. The van der Waals surface area contributed by atoms with E-state index in [0.717, 1.165) is 19.3 Å². The molecule has 0 N–H and O–H groups in total. The first-order valence-corrected chi connectivity index (χ1v) is 11.9. The van der Waals surface area contributed by atoms with Gasteiger partial charge in [0.2, 0.25) is 0 Å². The van der Waals surface area contributed by atoms with Gasteiger partial charge in [0, 0.05) is 0 Å². The molecule has 146 valence electrons. The molecule has 0 spiro atoms. The van der Waals surface area contributed by atoms with E-state index in [9.17, 15) is 0 Å². The van der Waals surface area contributed by atoms with Gasteiger partial charge >= 0.3 is 0 Å². The summed E-state index contributed by atoms with van der Waals surface area (Å²) in [7, 11) is -0.574. The van der Waals surface area contributed by atoms with Crippen LogP contribution < -0.4 is 15.9 Å². The van der Waals surface area contributed by atoms with Crippen molar-refractivity contribution in [2.75, 3.05) is 0 Å². The van der Waals surface area contributed by atoms with Gasteiger partial charge in [-0.15, -0.1) is 0 Å². The zero-order valence-electron chi connectivity index (χ0n) is 18.3. The minimum Gasteiger partial charge on any atom is -0.0613 e. The normalized spacial score (nSPS) is 11.2. The highest BCUT2D eigenvalue weighted by atomic mass is 31.1. The SMILES string of the molecule is CCc1cccc(P(c2cccc(CC)c2C)c2cccc(CC)c2C)c1C. The van der Waals surface area contributed by atoms with Crippen LogP contribution in [0.25, 0.3) is 0 Å². The molecule has 28 heavy (non-hydrogen) atoms. The highest BCUT2D eigenvalue weighted by Crippen LogP contribution is 2.38. The summed E-state index contributed by atoms with van der Waals surface area (Å²) in [5.74, 6) is 0. The Morgan fingerprint density at radius 2 is 0.786 bits per heavy atom. The molecule has 0 saturated carbocycles. The van der Waals surface area contributed by atoms with E-state index >= 15 is 0 Å². The van der Waals surface area contributed by atoms with Gasteiger partial charge in [-0.05, 0) is 97.2 Å². The third kappa shape index (κ3) is 3.81. The Kier molecular flexibility index (Phi) is 6.73. The van der Waals surface area contributed by atoms with Gasteiger partial charge in [-0.1, -0.05) is 75.4 Å². The lowest BCUT2D eigenvalue weighted by molar-refractivity contribution is 1.11. The van der Waals surface area contributed by atoms with Gasteiger partial charge in [0.1, 0.15) is 0 Å². The lowest BCUT2D eigenvalue weighted by Crippen LogP contribution is -2.27. The van der Waals surface area contributed by atoms with Crippen molar-refractivity contribution >= 4 is 23.8 Å². The second-order valence-corrected chi connectivity index (χ2v) is 9.70. The van der Waals surface area contributed by atoms with Crippen LogP contribution in [0.4, 0.5) is 0 Å². The topological polar surface area (TPSA) is 0 Å². The van der Waals surface area contributed by atoms with Crippen LogP contribution in [0.15, 0.2) is 54.6 Å². The Bertz CT molecular complexity index is 841. The minimum absolute atomic E-state index is 0.574. The van der Waals surface area contributed by atoms with Gasteiger partial charge in [-0.2, -0.15) is 0 Å². The van der Waals surface area contributed by atoms with Crippen LogP contribution in [0.2, 0.25) is 0 Å². The Morgan fingerprint density at radius 1 is 0.500 bits per heavy atom. The summed E-state index contributed by atoms with van der Waals surface area (Å²) in [4.78, 5) is 0. The van der Waals surface area contributed by atoms with Crippen LogP contribution in [-0.4, -0.2) is 0 Å². The van der Waals surface area contributed by atoms with Crippen LogP contribution in [0.1, 0.15) is 54.2 Å². The number of hydrogen-bond acceptors (Lipinski definition) is 0. The zero-order valence-corrected chi connectivity index (χ0v) is 19.2. The Hall–Kier alpha value is -1.91. The fourth-order valence-electron chi connectivity index (χ4n) is 4.27. The predicted octanol–water partition coefficient (Wildman–Crippen LogP) is 6.06. The average Bonchev–Trinajstić information content (AvgIpc) is 2.71. The van der Waals surface area contributed by atoms with Crippen LogP contribution in [0.5, 0.6) is 0 Å². The van der Waals surface area contributed by atoms with Gasteiger partial charge in [-0.3, -0.25) is 0 Å². The maximum Gasteiger partial charge on any atom is -0.0119 e. The van der Waals surface area contributed by atoms with Crippen molar-refractivity contribution in [2.24, 2.45) is 0 Å². The number of hydrogen-bond donors (Lipinski definition) is 0. The van der Waals surface area contributed by atoms with Crippen LogP contribution in [0, 0.1) is 20.8 Å². The Labute approximate surface area is 172 Å². The van der Waals surface area contributed by atoms with Gasteiger partial charge in [0.25, 0.3) is 0 Å². The molecule has 0 aromatic heterocycles. The van der Waals surface area contributed by atoms with Crippen LogP contribution in [-0.2, 0) is 19.3 Å². The summed E-state index contributed by atoms with van der Waals surface area (Å²) in [6.07, 6.45) is 3.26. The minimum atomic E-state index is -0.574. The molecule has 0 atom stereocenters. The maximum absolute atomic E-state index is 2.37. The van der Waals surface area contributed by atoms with Crippen LogP contribution in [0.3, 0.4) is 0 Å². The van der Waals surface area contributed by atoms with Gasteiger partial charge in [0.15, 0.2) is 0 Å². The standard InChI is InChI=1S/C27H33P/c1-7-22-13-10-16-25(19(22)4)28(26-17-11-14-23(8-2)20(26)5)27-18-12-15-24(9-3)21(27)6/h10-18H,7-9H2,1-6H3. The highest BCUT2D eigenvalue weighted by Gasteiger charge is 2.23. The molecule has 0 aliphatic carbocycles. The lowest BCUT2D eigenvalue weighted by atomic mass is 10.1. The summed E-state index contributed by atoms with van der Waals surface area (Å²) >= 11 is 0. The lowest BCUT2D eigenvalue weighted by Gasteiger charge is -2.27. The van der Waals surface area contributed by atoms with E-state index in [2.05, 4.69) is 96.1 Å². The first-order chi connectivity index (χ1) is 13.5. The second-order valence-electron chi connectivity index (χ2n) is 7.58. The summed E-state index contributed by atoms with van der Waals surface area (Å²) < 4.78 is 0. The number of benzene rings is 3. The quantitative estimate of drug-likeness (QED) is 0.451. The second kappa shape index (κ2) is 9.06. The molecule has 0 saturated heterocycles. The van der Waals surface area contributed by atoms with E-state index in [1.165, 1.54) is 49.3 Å². The molecule has 3 aromatic rings. The molecule has 3 rings (SSSR count). The van der Waals surface area contributed by atoms with Crippen molar-refractivity contribution in [3.8, 4) is 0 Å². The van der Waals surface area contributed by atoms with Gasteiger partial charge < -0.3 is 0 Å². The first kappa shape index (κ1) is 20.8. The molecule has 0 unspecified atom stereocenters. The Balaban J connectivity index is 2.34. The van der Waals surface area contributed by atoms with E-state index < -0.39 is 7.92 Å². The summed E-state index contributed by atoms with van der Waals surface area (Å²) in [5, 5.41) is 4.55. The third-order valence-electron chi connectivity index (χ3n) is 6.12. The molecule has 0 aliphatic rings. The van der Waals surface area contributed by atoms with Crippen LogP contribution >= 0.6 is 7.92 Å². The highest BCUT2D eigenvalue weighted by molar-refractivity contribution is 7.80. The molecular weight excluding hydrogens is 355 g/mol. The first-order valence-electron chi connectivity index (χ1n) is 10.6. The number of aryl methyl sites for hydroxylation is 3. The zero-order chi connectivity index (χ0) is 20.3. The predicted molar refractivity (Wildman–Crippen MR) is 127 cm³/mol. The average molecular weight is 389 g/mol. The molecule has 0 radical (unpaired) electrons. The maximum atomic E-state index is 2.37. The molecular formula is C27H33P. The van der Waals surface area contributed by atoms with Crippen molar-refractivity contribution in [1.82, 2.24) is 0 Å². The van der Waals surface area contributed by atoms with E-state index in [0.29, 0.717) is 0 Å². The van der Waals surface area contributed by atoms with Crippen molar-refractivity contribution in [3.63, 3.8) is 0 Å². The molecule has 0 fully saturated rings. The fraction of sp³-hybridized carbons (Fsp3) is 0.333. The summed E-state index contributed by atoms with van der Waals surface area (Å²) in [6, 6.07) is 20.8. The molecule has 1 heteroatoms. The third-order valence-corrected chi connectivity index (χ3v) is 9.02. The largest absolute Gasteiger partial charge is 0.0613 e. The Morgan fingerprint density at radius 3 is 1.04 bits per heavy atom. The van der Waals surface area contributed by atoms with E-state index in [4.69, 9.17) is 0 Å². The molecule has 0 heterocycles. The van der Waals surface area contributed by atoms with E-state index in [1.807, 2.05) is 0 Å². The van der Waals surface area contributed by atoms with E-state index in [1.54, 1.807) is 0 Å². The molecule has 0 amide bonds. The smallest absolute Gasteiger partial charge is 0.0119 e. The monoisotopic (exact) mass is 388 g/mol. The molecule has 0 bridgehead atoms. The molecule has 3 aromatic carbocycles. The van der Waals surface area contributed by atoms with E-state index in [-0.39, 0.29) is 0 Å². The molecule has 0 nitrogen and oxygen atoms in total. The van der Waals surface area contributed by atoms with Gasteiger partial charge in [0.05, 0.1) is 0 Å². The van der Waals surface area contributed by atoms with Gasteiger partial charge in [-0.25, -0.2) is 0 Å².